The van der Waals surface area contributed by atoms with Crippen molar-refractivity contribution in [3.63, 3.8) is 0 Å². The summed E-state index contributed by atoms with van der Waals surface area (Å²) in [5.74, 6) is 2.58. The molecule has 0 spiro atoms. The van der Waals surface area contributed by atoms with Gasteiger partial charge in [-0.2, -0.15) is 15.1 Å². The Morgan fingerprint density at radius 1 is 1.19 bits per heavy atom. The van der Waals surface area contributed by atoms with Gasteiger partial charge in [0.25, 0.3) is 0 Å². The number of aromatic nitrogens is 4. The lowest BCUT2D eigenvalue weighted by atomic mass is 9.99. The minimum absolute atomic E-state index is 0.0196. The summed E-state index contributed by atoms with van der Waals surface area (Å²) in [7, 11) is 1.92. The van der Waals surface area contributed by atoms with Gasteiger partial charge in [0.05, 0.1) is 11.6 Å². The van der Waals surface area contributed by atoms with Crippen LogP contribution >= 0.6 is 0 Å². The molecule has 1 atom stereocenters. The fourth-order valence-corrected chi connectivity index (χ4v) is 3.55. The minimum atomic E-state index is 0.0196. The van der Waals surface area contributed by atoms with Gasteiger partial charge in [0, 0.05) is 19.1 Å². The van der Waals surface area contributed by atoms with Gasteiger partial charge in [-0.15, -0.1) is 0 Å². The summed E-state index contributed by atoms with van der Waals surface area (Å²) in [6.07, 6.45) is 4.40. The highest BCUT2D eigenvalue weighted by Crippen LogP contribution is 2.41. The zero-order chi connectivity index (χ0) is 19.0. The van der Waals surface area contributed by atoms with E-state index in [1.807, 2.05) is 19.3 Å². The summed E-state index contributed by atoms with van der Waals surface area (Å²) in [6.45, 7) is 7.48. The Hall–Kier alpha value is -2.63. The molecule has 1 fully saturated rings. The molecular weight excluding hydrogens is 336 g/mol. The van der Waals surface area contributed by atoms with Crippen LogP contribution in [-0.4, -0.2) is 31.8 Å². The maximum atomic E-state index is 4.79. The molecule has 0 saturated heterocycles. The molecule has 0 aliphatic heterocycles. The summed E-state index contributed by atoms with van der Waals surface area (Å²) in [6, 6.07) is 10.5. The number of anilines is 2. The fraction of sp³-hybridized carbons (Fsp3) is 0.476. The van der Waals surface area contributed by atoms with Crippen LogP contribution in [0.3, 0.4) is 0 Å². The van der Waals surface area contributed by atoms with Crippen LogP contribution in [0.5, 0.6) is 0 Å². The first-order valence-electron chi connectivity index (χ1n) is 9.71. The SMILES string of the molecule is CC(CNc1nc(NC(C)(C)C2CC2)c2cnn(C)c2n1)c1ccccc1. The molecule has 2 N–H and O–H groups in total. The van der Waals surface area contributed by atoms with Gasteiger partial charge in [-0.1, -0.05) is 37.3 Å². The number of hydrogen-bond donors (Lipinski definition) is 2. The summed E-state index contributed by atoms with van der Waals surface area (Å²) < 4.78 is 1.80. The Labute approximate surface area is 160 Å². The third-order valence-corrected chi connectivity index (χ3v) is 5.57. The smallest absolute Gasteiger partial charge is 0.226 e. The van der Waals surface area contributed by atoms with E-state index in [0.717, 1.165) is 23.4 Å². The van der Waals surface area contributed by atoms with Crippen LogP contribution in [0.25, 0.3) is 11.0 Å². The largest absolute Gasteiger partial charge is 0.364 e. The summed E-state index contributed by atoms with van der Waals surface area (Å²) >= 11 is 0. The number of nitrogens with one attached hydrogen (secondary N) is 2. The summed E-state index contributed by atoms with van der Waals surface area (Å²) in [5.41, 5.74) is 2.17. The quantitative estimate of drug-likeness (QED) is 0.658. The molecular formula is C21H28N6. The van der Waals surface area contributed by atoms with Gasteiger partial charge < -0.3 is 10.6 Å². The van der Waals surface area contributed by atoms with Gasteiger partial charge >= 0.3 is 0 Å². The summed E-state index contributed by atoms with van der Waals surface area (Å²) in [4.78, 5) is 9.48. The van der Waals surface area contributed by atoms with Gasteiger partial charge in [-0.05, 0) is 44.1 Å². The Morgan fingerprint density at radius 2 is 1.93 bits per heavy atom. The van der Waals surface area contributed by atoms with E-state index in [0.29, 0.717) is 17.8 Å². The van der Waals surface area contributed by atoms with E-state index in [4.69, 9.17) is 4.98 Å². The van der Waals surface area contributed by atoms with E-state index in [1.54, 1.807) is 4.68 Å². The maximum absolute atomic E-state index is 4.79. The van der Waals surface area contributed by atoms with Gasteiger partial charge in [-0.3, -0.25) is 4.68 Å². The third kappa shape index (κ3) is 3.75. The minimum Gasteiger partial charge on any atom is -0.364 e. The van der Waals surface area contributed by atoms with Gasteiger partial charge in [-0.25, -0.2) is 0 Å². The lowest BCUT2D eigenvalue weighted by Gasteiger charge is -2.27. The van der Waals surface area contributed by atoms with E-state index in [1.165, 1.54) is 18.4 Å². The number of nitrogens with zero attached hydrogens (tertiary/aromatic N) is 4. The molecule has 1 aliphatic rings. The first-order chi connectivity index (χ1) is 12.9. The Morgan fingerprint density at radius 3 is 2.63 bits per heavy atom. The fourth-order valence-electron chi connectivity index (χ4n) is 3.55. The van der Waals surface area contributed by atoms with Crippen LogP contribution in [0.15, 0.2) is 36.5 Å². The van der Waals surface area contributed by atoms with Crippen LogP contribution < -0.4 is 10.6 Å². The highest BCUT2D eigenvalue weighted by atomic mass is 15.3. The van der Waals surface area contributed by atoms with Crippen molar-refractivity contribution in [2.75, 3.05) is 17.2 Å². The molecule has 0 amide bonds. The van der Waals surface area contributed by atoms with Crippen molar-refractivity contribution >= 4 is 22.8 Å². The molecule has 6 nitrogen and oxygen atoms in total. The Balaban J connectivity index is 1.58. The molecule has 142 valence electrons. The average molecular weight is 364 g/mol. The van der Waals surface area contributed by atoms with Crippen LogP contribution in [0.1, 0.15) is 45.1 Å². The van der Waals surface area contributed by atoms with Crippen LogP contribution in [0.4, 0.5) is 11.8 Å². The first kappa shape index (κ1) is 17.8. The molecule has 4 rings (SSSR count). The van der Waals surface area contributed by atoms with Crippen molar-refractivity contribution in [3.05, 3.63) is 42.1 Å². The molecule has 1 aromatic carbocycles. The second kappa shape index (κ2) is 6.83. The highest BCUT2D eigenvalue weighted by molar-refractivity contribution is 5.87. The molecule has 2 aromatic heterocycles. The van der Waals surface area contributed by atoms with Crippen LogP contribution in [0.2, 0.25) is 0 Å². The van der Waals surface area contributed by atoms with E-state index in [2.05, 4.69) is 65.8 Å². The monoisotopic (exact) mass is 364 g/mol. The molecule has 6 heteroatoms. The topological polar surface area (TPSA) is 67.7 Å². The lowest BCUT2D eigenvalue weighted by Crippen LogP contribution is -2.34. The lowest BCUT2D eigenvalue weighted by molar-refractivity contribution is 0.493. The van der Waals surface area contributed by atoms with Crippen LogP contribution in [0, 0.1) is 5.92 Å². The normalized spacial score (nSPS) is 15.7. The zero-order valence-electron chi connectivity index (χ0n) is 16.5. The van der Waals surface area contributed by atoms with Crippen molar-refractivity contribution in [3.8, 4) is 0 Å². The van der Waals surface area contributed by atoms with Gasteiger partial charge in [0.15, 0.2) is 5.65 Å². The van der Waals surface area contributed by atoms with Crippen molar-refractivity contribution in [2.24, 2.45) is 13.0 Å². The van der Waals surface area contributed by atoms with Crippen molar-refractivity contribution < 1.29 is 0 Å². The number of hydrogen-bond acceptors (Lipinski definition) is 5. The van der Waals surface area contributed by atoms with Crippen molar-refractivity contribution in [1.29, 1.82) is 0 Å². The van der Waals surface area contributed by atoms with Gasteiger partial charge in [0.1, 0.15) is 5.82 Å². The van der Waals surface area contributed by atoms with E-state index < -0.39 is 0 Å². The van der Waals surface area contributed by atoms with E-state index in [9.17, 15) is 0 Å². The van der Waals surface area contributed by atoms with E-state index >= 15 is 0 Å². The predicted molar refractivity (Wildman–Crippen MR) is 110 cm³/mol. The average Bonchev–Trinajstić information content (AvgIpc) is 3.46. The van der Waals surface area contributed by atoms with E-state index in [-0.39, 0.29) is 5.54 Å². The van der Waals surface area contributed by atoms with Crippen molar-refractivity contribution in [1.82, 2.24) is 19.7 Å². The Kier molecular flexibility index (Phi) is 4.50. The predicted octanol–water partition coefficient (Wildman–Crippen LogP) is 4.18. The molecule has 2 heterocycles. The first-order valence-corrected chi connectivity index (χ1v) is 9.71. The third-order valence-electron chi connectivity index (χ3n) is 5.57. The number of rotatable bonds is 7. The number of benzene rings is 1. The van der Waals surface area contributed by atoms with Gasteiger partial charge in [0.2, 0.25) is 5.95 Å². The van der Waals surface area contributed by atoms with Crippen molar-refractivity contribution in [2.45, 2.75) is 45.1 Å². The molecule has 27 heavy (non-hydrogen) atoms. The molecule has 0 bridgehead atoms. The molecule has 0 radical (unpaired) electrons. The maximum Gasteiger partial charge on any atom is 0.226 e. The molecule has 1 saturated carbocycles. The Bertz CT molecular complexity index is 926. The second-order valence-corrected chi connectivity index (χ2v) is 8.21. The summed E-state index contributed by atoms with van der Waals surface area (Å²) in [5, 5.41) is 12.4. The highest BCUT2D eigenvalue weighted by Gasteiger charge is 2.38. The number of aryl methyl sites for hydroxylation is 1. The zero-order valence-corrected chi connectivity index (χ0v) is 16.5. The van der Waals surface area contributed by atoms with Crippen LogP contribution in [-0.2, 0) is 7.05 Å². The molecule has 3 aromatic rings. The molecule has 1 aliphatic carbocycles. The number of fused-ring (bicyclic) bond motifs is 1. The standard InChI is InChI=1S/C21H28N6/c1-14(15-8-6-5-7-9-15)12-22-20-24-18(26-21(2,3)16-10-11-16)17-13-23-27(4)19(17)25-20/h5-9,13-14,16H,10-12H2,1-4H3,(H2,22,24,25,26). The second-order valence-electron chi connectivity index (χ2n) is 8.21. The molecule has 1 unspecified atom stereocenters.